The standard InChI is InChI=1S/C35H42N4O4/c1-4-5-6-7-8-21-43-31-19-15-26(16-20-31)29-23-36-33(37-24-29)27-11-9-25(10-12-27)22-32(35(41)42)38-34(40)28-13-17-30(18-14-28)39(2)3/h9-20,23-24,32,35,41-42H,4-8,21-22H2,1-3H3,(H,38,40)/t32-/m0/s1. The summed E-state index contributed by atoms with van der Waals surface area (Å²) >= 11 is 0. The smallest absolute Gasteiger partial charge is 0.251 e. The molecule has 226 valence electrons. The van der Waals surface area contributed by atoms with E-state index in [1.165, 1.54) is 25.7 Å². The van der Waals surface area contributed by atoms with Gasteiger partial charge in [-0.1, -0.05) is 69.0 Å². The molecular formula is C35H42N4O4. The van der Waals surface area contributed by atoms with Crippen molar-refractivity contribution in [2.24, 2.45) is 0 Å². The Morgan fingerprint density at radius 1 is 0.814 bits per heavy atom. The van der Waals surface area contributed by atoms with Crippen LogP contribution in [0.25, 0.3) is 22.5 Å². The number of unbranched alkanes of at least 4 members (excludes halogenated alkanes) is 4. The number of aromatic nitrogens is 2. The average molecular weight is 583 g/mol. The van der Waals surface area contributed by atoms with Crippen LogP contribution in [-0.2, 0) is 6.42 Å². The first-order valence-corrected chi connectivity index (χ1v) is 14.9. The van der Waals surface area contributed by atoms with Gasteiger partial charge in [-0.2, -0.15) is 0 Å². The number of carbonyl (C=O) groups excluding carboxylic acids is 1. The second-order valence-electron chi connectivity index (χ2n) is 10.9. The van der Waals surface area contributed by atoms with Crippen molar-refractivity contribution in [1.82, 2.24) is 15.3 Å². The third-order valence-electron chi connectivity index (χ3n) is 7.35. The number of ether oxygens (including phenoxy) is 1. The number of benzene rings is 3. The molecule has 0 fully saturated rings. The normalized spacial score (nSPS) is 11.8. The lowest BCUT2D eigenvalue weighted by Crippen LogP contribution is -2.44. The number of aliphatic hydroxyl groups excluding tert-OH is 1. The molecule has 4 aromatic rings. The van der Waals surface area contributed by atoms with E-state index in [1.54, 1.807) is 24.5 Å². The highest BCUT2D eigenvalue weighted by Gasteiger charge is 2.21. The Morgan fingerprint density at radius 3 is 2.05 bits per heavy atom. The monoisotopic (exact) mass is 582 g/mol. The van der Waals surface area contributed by atoms with E-state index in [2.05, 4.69) is 22.2 Å². The molecule has 0 radical (unpaired) electrons. The van der Waals surface area contributed by atoms with Crippen LogP contribution in [0.1, 0.15) is 54.9 Å². The number of nitrogens with zero attached hydrogens (tertiary/aromatic N) is 3. The molecule has 8 nitrogen and oxygen atoms in total. The summed E-state index contributed by atoms with van der Waals surface area (Å²) in [4.78, 5) is 23.8. The highest BCUT2D eigenvalue weighted by Crippen LogP contribution is 2.24. The molecule has 0 bridgehead atoms. The third-order valence-corrected chi connectivity index (χ3v) is 7.35. The summed E-state index contributed by atoms with van der Waals surface area (Å²) in [5.41, 5.74) is 5.02. The summed E-state index contributed by atoms with van der Waals surface area (Å²) in [7, 11) is 3.85. The van der Waals surface area contributed by atoms with Gasteiger partial charge in [0.05, 0.1) is 12.6 Å². The fourth-order valence-corrected chi connectivity index (χ4v) is 4.70. The van der Waals surface area contributed by atoms with Crippen molar-refractivity contribution in [2.75, 3.05) is 25.6 Å². The number of hydrogen-bond acceptors (Lipinski definition) is 7. The molecule has 1 amide bonds. The minimum atomic E-state index is -1.71. The van der Waals surface area contributed by atoms with E-state index in [9.17, 15) is 15.0 Å². The van der Waals surface area contributed by atoms with Crippen LogP contribution in [-0.4, -0.2) is 59.1 Å². The number of aliphatic hydroxyl groups is 2. The van der Waals surface area contributed by atoms with Crippen LogP contribution in [0.4, 0.5) is 5.69 Å². The summed E-state index contributed by atoms with van der Waals surface area (Å²) in [6, 6.07) is 21.8. The van der Waals surface area contributed by atoms with Gasteiger partial charge in [0.25, 0.3) is 5.91 Å². The van der Waals surface area contributed by atoms with Crippen LogP contribution in [0.15, 0.2) is 85.2 Å². The molecular weight excluding hydrogens is 540 g/mol. The number of nitrogens with one attached hydrogen (secondary N) is 1. The van der Waals surface area contributed by atoms with E-state index in [-0.39, 0.29) is 12.3 Å². The number of anilines is 1. The van der Waals surface area contributed by atoms with Crippen LogP contribution in [0.2, 0.25) is 0 Å². The molecule has 0 aliphatic heterocycles. The lowest BCUT2D eigenvalue weighted by molar-refractivity contribution is -0.0647. The maximum Gasteiger partial charge on any atom is 0.251 e. The molecule has 0 aliphatic carbocycles. The predicted molar refractivity (Wildman–Crippen MR) is 171 cm³/mol. The maximum atomic E-state index is 12.7. The molecule has 0 saturated heterocycles. The molecule has 4 rings (SSSR count). The number of carbonyl (C=O) groups is 1. The molecule has 1 aromatic heterocycles. The summed E-state index contributed by atoms with van der Waals surface area (Å²) in [5.74, 6) is 1.09. The van der Waals surface area contributed by atoms with Crippen LogP contribution >= 0.6 is 0 Å². The molecule has 1 heterocycles. The first-order valence-electron chi connectivity index (χ1n) is 14.9. The molecule has 0 aliphatic rings. The Balaban J connectivity index is 1.32. The van der Waals surface area contributed by atoms with Gasteiger partial charge in [0.1, 0.15) is 5.75 Å². The van der Waals surface area contributed by atoms with E-state index >= 15 is 0 Å². The van der Waals surface area contributed by atoms with Gasteiger partial charge in [0, 0.05) is 48.9 Å². The van der Waals surface area contributed by atoms with Gasteiger partial charge in [-0.15, -0.1) is 0 Å². The summed E-state index contributed by atoms with van der Waals surface area (Å²) < 4.78 is 5.87. The van der Waals surface area contributed by atoms with Gasteiger partial charge in [-0.05, 0) is 60.4 Å². The quantitative estimate of drug-likeness (QED) is 0.119. The second kappa shape index (κ2) is 15.8. The van der Waals surface area contributed by atoms with Crippen LogP contribution in [0.5, 0.6) is 5.75 Å². The van der Waals surface area contributed by atoms with Crippen molar-refractivity contribution < 1.29 is 19.7 Å². The van der Waals surface area contributed by atoms with Crippen LogP contribution < -0.4 is 15.0 Å². The SMILES string of the molecule is CCCCCCCOc1ccc(-c2cnc(-c3ccc(C[C@H](NC(=O)c4ccc(N(C)C)cc4)C(O)O)cc3)nc2)cc1. The minimum Gasteiger partial charge on any atom is -0.494 e. The van der Waals surface area contributed by atoms with E-state index < -0.39 is 12.3 Å². The summed E-state index contributed by atoms with van der Waals surface area (Å²) in [5, 5.41) is 22.6. The topological polar surface area (TPSA) is 108 Å². The van der Waals surface area contributed by atoms with Gasteiger partial charge in [0.15, 0.2) is 12.1 Å². The van der Waals surface area contributed by atoms with Gasteiger partial charge < -0.3 is 25.2 Å². The Hall–Kier alpha value is -4.27. The van der Waals surface area contributed by atoms with E-state index in [0.29, 0.717) is 11.4 Å². The lowest BCUT2D eigenvalue weighted by Gasteiger charge is -2.21. The molecule has 1 atom stereocenters. The van der Waals surface area contributed by atoms with Crippen molar-refractivity contribution in [3.05, 3.63) is 96.3 Å². The molecule has 3 N–H and O–H groups in total. The van der Waals surface area contributed by atoms with Crippen molar-refractivity contribution >= 4 is 11.6 Å². The van der Waals surface area contributed by atoms with Crippen LogP contribution in [0.3, 0.4) is 0 Å². The zero-order valence-corrected chi connectivity index (χ0v) is 25.2. The summed E-state index contributed by atoms with van der Waals surface area (Å²) in [6.07, 6.45) is 8.21. The lowest BCUT2D eigenvalue weighted by atomic mass is 10.0. The van der Waals surface area contributed by atoms with Crippen molar-refractivity contribution in [3.63, 3.8) is 0 Å². The zero-order valence-electron chi connectivity index (χ0n) is 25.2. The number of rotatable bonds is 15. The van der Waals surface area contributed by atoms with Gasteiger partial charge in [-0.25, -0.2) is 9.97 Å². The van der Waals surface area contributed by atoms with E-state index in [4.69, 9.17) is 4.74 Å². The largest absolute Gasteiger partial charge is 0.494 e. The summed E-state index contributed by atoms with van der Waals surface area (Å²) in [6.45, 7) is 2.96. The molecule has 8 heteroatoms. The Bertz CT molecular complexity index is 1400. The highest BCUT2D eigenvalue weighted by atomic mass is 16.5. The minimum absolute atomic E-state index is 0.248. The zero-order chi connectivity index (χ0) is 30.6. The van der Waals surface area contributed by atoms with Crippen molar-refractivity contribution in [2.45, 2.75) is 57.8 Å². The second-order valence-corrected chi connectivity index (χ2v) is 10.9. The van der Waals surface area contributed by atoms with Crippen molar-refractivity contribution in [3.8, 4) is 28.3 Å². The first kappa shape index (κ1) is 31.7. The molecule has 43 heavy (non-hydrogen) atoms. The van der Waals surface area contributed by atoms with E-state index in [1.807, 2.05) is 79.7 Å². The fourth-order valence-electron chi connectivity index (χ4n) is 4.70. The van der Waals surface area contributed by atoms with Crippen molar-refractivity contribution in [1.29, 1.82) is 0 Å². The Kier molecular flexibility index (Phi) is 11.6. The van der Waals surface area contributed by atoms with E-state index in [0.717, 1.165) is 46.7 Å². The number of hydrogen-bond donors (Lipinski definition) is 3. The molecule has 0 spiro atoms. The molecule has 3 aromatic carbocycles. The Labute approximate surface area is 254 Å². The highest BCUT2D eigenvalue weighted by molar-refractivity contribution is 5.94. The fraction of sp³-hybridized carbons (Fsp3) is 0.343. The maximum absolute atomic E-state index is 12.7. The number of amides is 1. The average Bonchev–Trinajstić information content (AvgIpc) is 3.03. The van der Waals surface area contributed by atoms with Gasteiger partial charge in [0.2, 0.25) is 0 Å². The van der Waals surface area contributed by atoms with Crippen LogP contribution in [0, 0.1) is 0 Å². The van der Waals surface area contributed by atoms with Gasteiger partial charge in [-0.3, -0.25) is 4.79 Å². The third kappa shape index (κ3) is 9.36. The molecule has 0 unspecified atom stereocenters. The molecule has 0 saturated carbocycles. The predicted octanol–water partition coefficient (Wildman–Crippen LogP) is 5.88. The van der Waals surface area contributed by atoms with Gasteiger partial charge >= 0.3 is 0 Å². The first-order chi connectivity index (χ1) is 20.8. The Morgan fingerprint density at radius 2 is 1.44 bits per heavy atom.